The number of benzene rings is 1. The standard InChI is InChI=1S/C23H35N5/c1-4-27(5-2)16-13-25-17-19-10-14-28(15-11-19)22-9-8-20(18-24-3)23-21(22)7-6-12-26-23/h6-9,12,18-19,25H,4-5,10-11,13-17H2,1-3H3. The molecule has 0 atom stereocenters. The van der Waals surface area contributed by atoms with Gasteiger partial charge in [-0.1, -0.05) is 13.8 Å². The van der Waals surface area contributed by atoms with Crippen molar-refractivity contribution in [2.45, 2.75) is 26.7 Å². The molecule has 1 aromatic carbocycles. The number of likely N-dealkylation sites (N-methyl/N-ethyl adjacent to an activating group) is 1. The van der Waals surface area contributed by atoms with Crippen LogP contribution in [0.1, 0.15) is 32.3 Å². The monoisotopic (exact) mass is 381 g/mol. The van der Waals surface area contributed by atoms with Gasteiger partial charge in [0, 0.05) is 62.3 Å². The van der Waals surface area contributed by atoms with E-state index in [1.807, 2.05) is 25.5 Å². The van der Waals surface area contributed by atoms with Gasteiger partial charge in [-0.25, -0.2) is 0 Å². The molecule has 0 amide bonds. The van der Waals surface area contributed by atoms with Crippen LogP contribution in [0.4, 0.5) is 5.69 Å². The fourth-order valence-corrected chi connectivity index (χ4v) is 4.16. The molecular weight excluding hydrogens is 346 g/mol. The van der Waals surface area contributed by atoms with Crippen LogP contribution in [0.5, 0.6) is 0 Å². The summed E-state index contributed by atoms with van der Waals surface area (Å²) in [5, 5.41) is 4.91. The molecule has 0 radical (unpaired) electrons. The maximum atomic E-state index is 4.62. The third-order valence-electron chi connectivity index (χ3n) is 5.93. The summed E-state index contributed by atoms with van der Waals surface area (Å²) < 4.78 is 0. The Kier molecular flexibility index (Phi) is 7.80. The van der Waals surface area contributed by atoms with Crippen LogP contribution in [0.15, 0.2) is 35.5 Å². The summed E-state index contributed by atoms with van der Waals surface area (Å²) in [6.45, 7) is 12.4. The number of aliphatic imine (C=N–C) groups is 1. The molecule has 3 rings (SSSR count). The molecule has 1 fully saturated rings. The van der Waals surface area contributed by atoms with Crippen LogP contribution in [-0.2, 0) is 0 Å². The van der Waals surface area contributed by atoms with Gasteiger partial charge in [-0.2, -0.15) is 0 Å². The topological polar surface area (TPSA) is 43.8 Å². The average Bonchev–Trinajstić information content (AvgIpc) is 2.75. The molecule has 0 aliphatic carbocycles. The Balaban J connectivity index is 1.56. The van der Waals surface area contributed by atoms with Crippen molar-refractivity contribution in [3.05, 3.63) is 36.0 Å². The normalized spacial score (nSPS) is 15.9. The van der Waals surface area contributed by atoms with Crippen molar-refractivity contribution >= 4 is 22.8 Å². The highest BCUT2D eigenvalue weighted by atomic mass is 15.1. The number of rotatable bonds is 9. The Morgan fingerprint density at radius 1 is 1.21 bits per heavy atom. The summed E-state index contributed by atoms with van der Waals surface area (Å²) in [6, 6.07) is 8.61. The fourth-order valence-electron chi connectivity index (χ4n) is 4.16. The van der Waals surface area contributed by atoms with Crippen molar-refractivity contribution in [3.63, 3.8) is 0 Å². The number of nitrogens with one attached hydrogen (secondary N) is 1. The van der Waals surface area contributed by atoms with E-state index in [1.165, 1.54) is 23.9 Å². The fraction of sp³-hybridized carbons (Fsp3) is 0.565. The van der Waals surface area contributed by atoms with E-state index >= 15 is 0 Å². The minimum absolute atomic E-state index is 0.781. The Morgan fingerprint density at radius 3 is 2.71 bits per heavy atom. The Morgan fingerprint density at radius 2 is 2.00 bits per heavy atom. The van der Waals surface area contributed by atoms with Crippen LogP contribution in [0.3, 0.4) is 0 Å². The summed E-state index contributed by atoms with van der Waals surface area (Å²) >= 11 is 0. The molecule has 0 spiro atoms. The van der Waals surface area contributed by atoms with Crippen molar-refractivity contribution < 1.29 is 0 Å². The predicted molar refractivity (Wildman–Crippen MR) is 121 cm³/mol. The Labute approximate surface area is 169 Å². The van der Waals surface area contributed by atoms with Crippen molar-refractivity contribution in [1.82, 2.24) is 15.2 Å². The molecule has 2 aromatic rings. The first-order chi connectivity index (χ1) is 13.8. The molecule has 5 heteroatoms. The molecule has 152 valence electrons. The van der Waals surface area contributed by atoms with Crippen LogP contribution in [0.2, 0.25) is 0 Å². The number of nitrogens with zero attached hydrogens (tertiary/aromatic N) is 4. The first kappa shape index (κ1) is 20.7. The van der Waals surface area contributed by atoms with Crippen LogP contribution in [-0.4, -0.2) is 69.0 Å². The van der Waals surface area contributed by atoms with E-state index in [9.17, 15) is 0 Å². The molecule has 1 saturated heterocycles. The summed E-state index contributed by atoms with van der Waals surface area (Å²) in [6.07, 6.45) is 6.26. The summed E-state index contributed by atoms with van der Waals surface area (Å²) in [4.78, 5) is 13.8. The van der Waals surface area contributed by atoms with Gasteiger partial charge in [0.15, 0.2) is 0 Å². The highest BCUT2D eigenvalue weighted by molar-refractivity contribution is 6.03. The molecule has 0 bridgehead atoms. The lowest BCUT2D eigenvalue weighted by molar-refractivity contribution is 0.294. The van der Waals surface area contributed by atoms with Crippen molar-refractivity contribution in [2.24, 2.45) is 10.9 Å². The molecule has 1 aromatic heterocycles. The maximum Gasteiger partial charge on any atom is 0.0810 e. The first-order valence-corrected chi connectivity index (χ1v) is 10.7. The van der Waals surface area contributed by atoms with Gasteiger partial charge in [-0.15, -0.1) is 0 Å². The Hall–Kier alpha value is -1.98. The summed E-state index contributed by atoms with van der Waals surface area (Å²) in [5.41, 5.74) is 3.45. The highest BCUT2D eigenvalue weighted by Gasteiger charge is 2.21. The minimum atomic E-state index is 0.781. The second kappa shape index (κ2) is 10.5. The number of hydrogen-bond donors (Lipinski definition) is 1. The van der Waals surface area contributed by atoms with Crippen LogP contribution < -0.4 is 10.2 Å². The van der Waals surface area contributed by atoms with Crippen LogP contribution >= 0.6 is 0 Å². The van der Waals surface area contributed by atoms with Gasteiger partial charge < -0.3 is 15.1 Å². The molecule has 0 saturated carbocycles. The lowest BCUT2D eigenvalue weighted by Gasteiger charge is -2.34. The molecular formula is C23H35N5. The first-order valence-electron chi connectivity index (χ1n) is 10.7. The van der Waals surface area contributed by atoms with E-state index < -0.39 is 0 Å². The number of hydrogen-bond acceptors (Lipinski definition) is 5. The lowest BCUT2D eigenvalue weighted by atomic mass is 9.95. The van der Waals surface area contributed by atoms with Crippen molar-refractivity contribution in [1.29, 1.82) is 0 Å². The Bertz CT molecular complexity index is 761. The number of pyridine rings is 1. The van der Waals surface area contributed by atoms with E-state index in [0.29, 0.717) is 0 Å². The van der Waals surface area contributed by atoms with Crippen LogP contribution in [0, 0.1) is 5.92 Å². The van der Waals surface area contributed by atoms with Gasteiger partial charge >= 0.3 is 0 Å². The number of aromatic nitrogens is 1. The molecule has 0 unspecified atom stereocenters. The molecule has 1 aliphatic rings. The van der Waals surface area contributed by atoms with Crippen molar-refractivity contribution in [3.8, 4) is 0 Å². The quantitative estimate of drug-likeness (QED) is 0.534. The number of fused-ring (bicyclic) bond motifs is 1. The molecule has 1 aliphatic heterocycles. The second-order valence-corrected chi connectivity index (χ2v) is 7.62. The van der Waals surface area contributed by atoms with E-state index in [4.69, 9.17) is 0 Å². The van der Waals surface area contributed by atoms with Crippen molar-refractivity contribution in [2.75, 3.05) is 57.8 Å². The third-order valence-corrected chi connectivity index (χ3v) is 5.93. The average molecular weight is 382 g/mol. The van der Waals surface area contributed by atoms with Gasteiger partial charge in [0.05, 0.1) is 5.52 Å². The van der Waals surface area contributed by atoms with Gasteiger partial charge in [0.1, 0.15) is 0 Å². The molecule has 1 N–H and O–H groups in total. The molecule has 5 nitrogen and oxygen atoms in total. The number of piperidine rings is 1. The maximum absolute atomic E-state index is 4.62. The lowest BCUT2D eigenvalue weighted by Crippen LogP contribution is -2.39. The van der Waals surface area contributed by atoms with Crippen LogP contribution in [0.25, 0.3) is 10.9 Å². The zero-order chi connectivity index (χ0) is 19.8. The minimum Gasteiger partial charge on any atom is -0.371 e. The largest absolute Gasteiger partial charge is 0.371 e. The predicted octanol–water partition coefficient (Wildman–Crippen LogP) is 3.43. The van der Waals surface area contributed by atoms with E-state index in [2.05, 4.69) is 57.1 Å². The van der Waals surface area contributed by atoms with Gasteiger partial charge in [-0.05, 0) is 62.7 Å². The van der Waals surface area contributed by atoms with E-state index in [-0.39, 0.29) is 0 Å². The van der Waals surface area contributed by atoms with Gasteiger partial charge in [0.2, 0.25) is 0 Å². The van der Waals surface area contributed by atoms with Gasteiger partial charge in [0.25, 0.3) is 0 Å². The summed E-state index contributed by atoms with van der Waals surface area (Å²) in [7, 11) is 1.81. The molecule has 28 heavy (non-hydrogen) atoms. The van der Waals surface area contributed by atoms with E-state index in [1.54, 1.807) is 0 Å². The number of anilines is 1. The SMILES string of the molecule is CCN(CC)CCNCC1CCN(c2ccc(C=NC)c3ncccc23)CC1. The second-order valence-electron chi connectivity index (χ2n) is 7.62. The smallest absolute Gasteiger partial charge is 0.0810 e. The summed E-state index contributed by atoms with van der Waals surface area (Å²) in [5.74, 6) is 0.781. The third kappa shape index (κ3) is 5.09. The van der Waals surface area contributed by atoms with E-state index in [0.717, 1.165) is 62.8 Å². The van der Waals surface area contributed by atoms with Gasteiger partial charge in [-0.3, -0.25) is 9.98 Å². The highest BCUT2D eigenvalue weighted by Crippen LogP contribution is 2.30. The zero-order valence-corrected chi connectivity index (χ0v) is 17.7. The molecule has 2 heterocycles. The zero-order valence-electron chi connectivity index (χ0n) is 17.7.